The van der Waals surface area contributed by atoms with Gasteiger partial charge in [-0.15, -0.1) is 0 Å². The van der Waals surface area contributed by atoms with Crippen LogP contribution in [0.1, 0.15) is 68.8 Å². The lowest BCUT2D eigenvalue weighted by molar-refractivity contribution is -0.247. The van der Waals surface area contributed by atoms with Gasteiger partial charge in [0.25, 0.3) is 0 Å². The quantitative estimate of drug-likeness (QED) is 0.212. The summed E-state index contributed by atoms with van der Waals surface area (Å²) in [6, 6.07) is 4.15. The van der Waals surface area contributed by atoms with Gasteiger partial charge in [0, 0.05) is 48.5 Å². The Balaban J connectivity index is 1.30. The maximum atomic E-state index is 13.9. The first-order chi connectivity index (χ1) is 22.0. The monoisotopic (exact) mass is 639 g/mol. The number of morpholine rings is 1. The summed E-state index contributed by atoms with van der Waals surface area (Å²) in [7, 11) is 1.33. The molecule has 3 heterocycles. The minimum atomic E-state index is -2.25. The second-order valence-corrected chi connectivity index (χ2v) is 12.3. The van der Waals surface area contributed by atoms with Crippen LogP contribution in [0.3, 0.4) is 0 Å². The fourth-order valence-corrected chi connectivity index (χ4v) is 7.68. The predicted octanol–water partition coefficient (Wildman–Crippen LogP) is 0.306. The molecule has 3 saturated heterocycles. The zero-order chi connectivity index (χ0) is 32.7. The van der Waals surface area contributed by atoms with Crippen LogP contribution in [0.15, 0.2) is 18.2 Å². The van der Waals surface area contributed by atoms with Crippen molar-refractivity contribution in [3.05, 3.63) is 51.6 Å². The van der Waals surface area contributed by atoms with Crippen molar-refractivity contribution in [3.8, 4) is 17.2 Å². The maximum Gasteiger partial charge on any atom is 0.202 e. The van der Waals surface area contributed by atoms with E-state index in [1.165, 1.54) is 25.3 Å². The van der Waals surface area contributed by atoms with Crippen molar-refractivity contribution in [3.63, 3.8) is 0 Å². The number of fused-ring (bicyclic) bond motifs is 6. The van der Waals surface area contributed by atoms with E-state index in [2.05, 4.69) is 0 Å². The number of nitrogens with zero attached hydrogens (tertiary/aromatic N) is 1. The summed E-state index contributed by atoms with van der Waals surface area (Å²) in [5, 5.41) is 44.5. The lowest BCUT2D eigenvalue weighted by Gasteiger charge is -2.43. The fraction of sp³-hybridized carbons (Fsp3) is 0.500. The van der Waals surface area contributed by atoms with Crippen LogP contribution in [-0.2, 0) is 35.0 Å². The molecule has 0 aromatic heterocycles. The van der Waals surface area contributed by atoms with E-state index in [0.29, 0.717) is 19.4 Å². The zero-order valence-electron chi connectivity index (χ0n) is 25.0. The van der Waals surface area contributed by atoms with Crippen molar-refractivity contribution in [2.75, 3.05) is 26.9 Å². The number of carbonyl (C=O) groups is 4. The number of aliphatic hydroxyl groups excluding tert-OH is 1. The smallest absolute Gasteiger partial charge is 0.202 e. The van der Waals surface area contributed by atoms with E-state index in [9.17, 15) is 39.6 Å². The van der Waals surface area contributed by atoms with Gasteiger partial charge in [-0.1, -0.05) is 12.1 Å². The highest BCUT2D eigenvalue weighted by atomic mass is 16.7. The summed E-state index contributed by atoms with van der Waals surface area (Å²) in [6.07, 6.45) is -4.74. The van der Waals surface area contributed by atoms with E-state index in [-0.39, 0.29) is 40.5 Å². The molecule has 2 aliphatic carbocycles. The van der Waals surface area contributed by atoms with Gasteiger partial charge in [-0.25, -0.2) is 0 Å². The van der Waals surface area contributed by atoms with Gasteiger partial charge in [0.05, 0.1) is 42.6 Å². The van der Waals surface area contributed by atoms with E-state index in [4.69, 9.17) is 23.7 Å². The van der Waals surface area contributed by atoms with Crippen LogP contribution in [0.2, 0.25) is 0 Å². The molecular formula is C32H33NO13. The van der Waals surface area contributed by atoms with Crippen LogP contribution in [0, 0.1) is 0 Å². The molecule has 0 saturated carbocycles. The van der Waals surface area contributed by atoms with Gasteiger partial charge >= 0.3 is 0 Å². The third-order valence-corrected chi connectivity index (χ3v) is 9.82. The molecule has 2 aromatic rings. The van der Waals surface area contributed by atoms with Crippen molar-refractivity contribution < 1.29 is 63.3 Å². The molecule has 3 aliphatic heterocycles. The number of carbonyl (C=O) groups excluding carboxylic acids is 4. The Hall–Kier alpha value is -3.76. The molecule has 14 nitrogen and oxygen atoms in total. The molecule has 0 bridgehead atoms. The average Bonchev–Trinajstić information content (AvgIpc) is 3.43. The fourth-order valence-electron chi connectivity index (χ4n) is 7.68. The van der Waals surface area contributed by atoms with Gasteiger partial charge in [-0.05, 0) is 13.0 Å². The van der Waals surface area contributed by atoms with E-state index in [0.717, 1.165) is 0 Å². The molecule has 0 amide bonds. The summed E-state index contributed by atoms with van der Waals surface area (Å²) < 4.78 is 29.5. The molecule has 46 heavy (non-hydrogen) atoms. The summed E-state index contributed by atoms with van der Waals surface area (Å²) in [5.74, 6) is -3.71. The number of aromatic hydroxyl groups is 2. The highest BCUT2D eigenvalue weighted by molar-refractivity contribution is 6.31. The number of rotatable bonds is 6. The number of hydrogen-bond acceptors (Lipinski definition) is 14. The lowest BCUT2D eigenvalue weighted by Crippen LogP contribution is -2.55. The zero-order valence-corrected chi connectivity index (χ0v) is 25.0. The number of ether oxygens (including phenoxy) is 5. The predicted molar refractivity (Wildman–Crippen MR) is 153 cm³/mol. The van der Waals surface area contributed by atoms with Crippen molar-refractivity contribution in [2.45, 2.75) is 74.8 Å². The first kappa shape index (κ1) is 30.9. The summed E-state index contributed by atoms with van der Waals surface area (Å²) in [4.78, 5) is 54.1. The number of Topliss-reactive ketones (excluding diaryl/α,β-unsaturated/α-hetero) is 1. The standard InChI is InChI=1S/C32H33NO13/c1-13-30-16(33-6-7-43-19(11-34)31(33)46-30)8-21(44-13)45-18-10-32(41,20(36)12-35)9-15-23(18)29(40)25-24(27(15)38)26(37)14-4-3-5-17(42-2)22(14)28(25)39/h3-5,11,13,16,18-19,21,30-31,35,38,40-41H,6-10,12H2,1-2H3/t13-,16?,18-,19+,21-,30+,31+,32-/m0/s1. The highest BCUT2D eigenvalue weighted by Crippen LogP contribution is 2.53. The van der Waals surface area contributed by atoms with Gasteiger partial charge in [0.2, 0.25) is 5.78 Å². The molecule has 2 aromatic carbocycles. The van der Waals surface area contributed by atoms with Crippen LogP contribution in [-0.4, -0.2) is 118 Å². The Morgan fingerprint density at radius 2 is 1.89 bits per heavy atom. The molecular weight excluding hydrogens is 606 g/mol. The maximum absolute atomic E-state index is 13.9. The molecule has 244 valence electrons. The molecule has 5 aliphatic rings. The highest BCUT2D eigenvalue weighted by Gasteiger charge is 2.55. The van der Waals surface area contributed by atoms with Crippen LogP contribution in [0.5, 0.6) is 17.2 Å². The largest absolute Gasteiger partial charge is 0.507 e. The number of aliphatic hydroxyl groups is 2. The van der Waals surface area contributed by atoms with Crippen molar-refractivity contribution in [1.29, 1.82) is 0 Å². The number of phenols is 2. The second kappa shape index (κ2) is 11.2. The van der Waals surface area contributed by atoms with Crippen LogP contribution in [0.25, 0.3) is 0 Å². The van der Waals surface area contributed by atoms with Crippen molar-refractivity contribution in [1.82, 2.24) is 4.90 Å². The number of aldehydes is 1. The Kier molecular flexibility index (Phi) is 7.51. The number of phenolic OH excluding ortho intramolecular Hbond substituents is 2. The van der Waals surface area contributed by atoms with Gasteiger partial charge in [0.1, 0.15) is 41.8 Å². The number of benzene rings is 2. The molecule has 14 heteroatoms. The van der Waals surface area contributed by atoms with Crippen LogP contribution >= 0.6 is 0 Å². The molecule has 7 rings (SSSR count). The minimum Gasteiger partial charge on any atom is -0.507 e. The topological polar surface area (TPSA) is 199 Å². The number of ketones is 3. The molecule has 1 unspecified atom stereocenters. The Morgan fingerprint density at radius 3 is 2.61 bits per heavy atom. The summed E-state index contributed by atoms with van der Waals surface area (Å²) in [6.45, 7) is 1.57. The normalized spacial score (nSPS) is 33.3. The van der Waals surface area contributed by atoms with Gasteiger partial charge in [-0.2, -0.15) is 0 Å². The SMILES string of the molecule is COc1cccc2c1C(=O)c1c(O)c3c(c(O)c1C2=O)C[C@@](O)(C(=O)CO)C[C@@H]3O[C@H]1CC2[C@H](O[C@@H]3[C@@H](C=O)OCCN23)[C@H](C)O1. The van der Waals surface area contributed by atoms with E-state index in [1.54, 1.807) is 6.92 Å². The lowest BCUT2D eigenvalue weighted by atomic mass is 9.72. The second-order valence-electron chi connectivity index (χ2n) is 12.3. The molecule has 3 fully saturated rings. The van der Waals surface area contributed by atoms with Gasteiger partial charge in [-0.3, -0.25) is 19.3 Å². The first-order valence-corrected chi connectivity index (χ1v) is 15.1. The Morgan fingerprint density at radius 1 is 1.13 bits per heavy atom. The van der Waals surface area contributed by atoms with Crippen molar-refractivity contribution >= 4 is 23.6 Å². The Bertz CT molecular complexity index is 1660. The molecule has 8 atom stereocenters. The number of methoxy groups -OCH3 is 1. The van der Waals surface area contributed by atoms with E-state index < -0.39 is 102 Å². The van der Waals surface area contributed by atoms with Gasteiger partial charge < -0.3 is 48.9 Å². The molecule has 4 N–H and O–H groups in total. The summed E-state index contributed by atoms with van der Waals surface area (Å²) in [5.41, 5.74) is -3.56. The van der Waals surface area contributed by atoms with Gasteiger partial charge in [0.15, 0.2) is 30.2 Å². The third kappa shape index (κ3) is 4.43. The average molecular weight is 640 g/mol. The van der Waals surface area contributed by atoms with E-state index >= 15 is 0 Å². The number of hydrogen-bond donors (Lipinski definition) is 4. The molecule has 0 radical (unpaired) electrons. The first-order valence-electron chi connectivity index (χ1n) is 15.1. The molecule has 0 spiro atoms. The van der Waals surface area contributed by atoms with Crippen LogP contribution < -0.4 is 4.74 Å². The van der Waals surface area contributed by atoms with E-state index in [1.807, 2.05) is 4.90 Å². The van der Waals surface area contributed by atoms with Crippen molar-refractivity contribution in [2.24, 2.45) is 0 Å². The summed E-state index contributed by atoms with van der Waals surface area (Å²) >= 11 is 0. The third-order valence-electron chi connectivity index (χ3n) is 9.82. The van der Waals surface area contributed by atoms with Crippen LogP contribution in [0.4, 0.5) is 0 Å². The minimum absolute atomic E-state index is 0.0482. The Labute approximate surface area is 262 Å².